The predicted octanol–water partition coefficient (Wildman–Crippen LogP) is 6.88. The fourth-order valence-electron chi connectivity index (χ4n) is 10.4. The van der Waals surface area contributed by atoms with Crippen molar-refractivity contribution in [2.45, 2.75) is 106 Å². The number of carbonyl (C=O) groups is 2. The van der Waals surface area contributed by atoms with Crippen LogP contribution in [0.4, 0.5) is 0 Å². The lowest BCUT2D eigenvalue weighted by Crippen LogP contribution is -2.66. The lowest BCUT2D eigenvalue weighted by atomic mass is 9.33. The Morgan fingerprint density at radius 2 is 1.63 bits per heavy atom. The standard InChI is InChI=1S/C30H45NO4/c1-25(2)21-8-11-30(7)23(28(21,5)10-9-22(25)31-35)20(32)16-18-19-17-27(4,24(33)34)13-12-26(19,3)14-15-29(18,30)6/h16,19,21,23,35H,8-15,17H2,1-7H3,(H,33,34)/b31-22+/t19-,21-,23?,26+,27+,28-,29+,30+/m0/s1. The van der Waals surface area contributed by atoms with Crippen molar-refractivity contribution in [3.8, 4) is 0 Å². The Hall–Kier alpha value is -1.65. The Kier molecular flexibility index (Phi) is 5.16. The summed E-state index contributed by atoms with van der Waals surface area (Å²) in [5, 5.41) is 23.5. The summed E-state index contributed by atoms with van der Waals surface area (Å²) in [5.74, 6) is -0.0363. The first kappa shape index (κ1) is 25.0. The number of hydrogen-bond acceptors (Lipinski definition) is 4. The Morgan fingerprint density at radius 1 is 0.971 bits per heavy atom. The molecule has 0 aliphatic heterocycles. The summed E-state index contributed by atoms with van der Waals surface area (Å²) >= 11 is 0. The van der Waals surface area contributed by atoms with Crippen LogP contribution in [0.1, 0.15) is 106 Å². The van der Waals surface area contributed by atoms with Crippen LogP contribution in [0.2, 0.25) is 0 Å². The van der Waals surface area contributed by atoms with Gasteiger partial charge in [0, 0.05) is 11.3 Å². The van der Waals surface area contributed by atoms with Gasteiger partial charge in [-0.3, -0.25) is 9.59 Å². The fraction of sp³-hybridized carbons (Fsp3) is 0.833. The maximum absolute atomic E-state index is 14.3. The van der Waals surface area contributed by atoms with E-state index in [1.54, 1.807) is 0 Å². The Morgan fingerprint density at radius 3 is 2.26 bits per heavy atom. The molecule has 4 saturated carbocycles. The van der Waals surface area contributed by atoms with Crippen LogP contribution in [-0.2, 0) is 9.59 Å². The molecule has 5 rings (SSSR count). The Bertz CT molecular complexity index is 1040. The van der Waals surface area contributed by atoms with Crippen LogP contribution >= 0.6 is 0 Å². The summed E-state index contributed by atoms with van der Waals surface area (Å²) in [4.78, 5) is 26.5. The third-order valence-electron chi connectivity index (χ3n) is 13.0. The first-order chi connectivity index (χ1) is 16.1. The largest absolute Gasteiger partial charge is 0.481 e. The molecule has 1 unspecified atom stereocenters. The van der Waals surface area contributed by atoms with Crippen LogP contribution < -0.4 is 0 Å². The van der Waals surface area contributed by atoms with Crippen LogP contribution in [0.5, 0.6) is 0 Å². The molecule has 4 fully saturated rings. The number of ketones is 1. The number of oxime groups is 1. The van der Waals surface area contributed by atoms with Crippen molar-refractivity contribution in [3.05, 3.63) is 11.6 Å². The molecule has 0 spiro atoms. The minimum absolute atomic E-state index is 0.0548. The van der Waals surface area contributed by atoms with Gasteiger partial charge in [-0.1, -0.05) is 52.3 Å². The second-order valence-corrected chi connectivity index (χ2v) is 14.8. The van der Waals surface area contributed by atoms with E-state index in [0.717, 1.165) is 57.1 Å². The minimum atomic E-state index is -0.721. The molecule has 2 N–H and O–H groups in total. The summed E-state index contributed by atoms with van der Waals surface area (Å²) in [7, 11) is 0. The van der Waals surface area contributed by atoms with Gasteiger partial charge in [0.25, 0.3) is 0 Å². The Balaban J connectivity index is 1.62. The molecule has 0 amide bonds. The zero-order chi connectivity index (χ0) is 25.8. The number of nitrogens with zero attached hydrogens (tertiary/aromatic N) is 1. The van der Waals surface area contributed by atoms with E-state index in [2.05, 4.69) is 46.7 Å². The third-order valence-corrected chi connectivity index (χ3v) is 13.0. The molecule has 5 heteroatoms. The molecule has 194 valence electrons. The number of rotatable bonds is 1. The Labute approximate surface area is 210 Å². The third kappa shape index (κ3) is 2.96. The molecular weight excluding hydrogens is 438 g/mol. The molecule has 5 aliphatic carbocycles. The maximum Gasteiger partial charge on any atom is 0.309 e. The average Bonchev–Trinajstić information content (AvgIpc) is 2.76. The lowest BCUT2D eigenvalue weighted by Gasteiger charge is -2.70. The number of carboxylic acid groups (broad SMARTS) is 1. The number of fused-ring (bicyclic) bond motifs is 7. The molecule has 0 radical (unpaired) electrons. The van der Waals surface area contributed by atoms with Gasteiger partial charge < -0.3 is 10.3 Å². The van der Waals surface area contributed by atoms with Gasteiger partial charge in [0.05, 0.1) is 11.1 Å². The highest BCUT2D eigenvalue weighted by molar-refractivity contribution is 5.97. The van der Waals surface area contributed by atoms with Gasteiger partial charge >= 0.3 is 5.97 Å². The number of aliphatic carboxylic acids is 1. The van der Waals surface area contributed by atoms with E-state index < -0.39 is 11.4 Å². The van der Waals surface area contributed by atoms with Crippen molar-refractivity contribution < 1.29 is 19.9 Å². The first-order valence-corrected chi connectivity index (χ1v) is 13.8. The second-order valence-electron chi connectivity index (χ2n) is 14.8. The van der Waals surface area contributed by atoms with Crippen molar-refractivity contribution in [3.63, 3.8) is 0 Å². The topological polar surface area (TPSA) is 87.0 Å². The number of hydrogen-bond donors (Lipinski definition) is 2. The highest BCUT2D eigenvalue weighted by Crippen LogP contribution is 2.74. The molecule has 0 aromatic rings. The summed E-state index contributed by atoms with van der Waals surface area (Å²) in [6.07, 6.45) is 10.1. The van der Waals surface area contributed by atoms with Crippen LogP contribution in [0, 0.1) is 50.2 Å². The molecule has 0 bridgehead atoms. The molecule has 8 atom stereocenters. The second kappa shape index (κ2) is 7.22. The maximum atomic E-state index is 14.3. The van der Waals surface area contributed by atoms with Crippen LogP contribution in [-0.4, -0.2) is 27.8 Å². The van der Waals surface area contributed by atoms with Gasteiger partial charge in [-0.25, -0.2) is 0 Å². The molecule has 5 nitrogen and oxygen atoms in total. The summed E-state index contributed by atoms with van der Waals surface area (Å²) in [6, 6.07) is 0. The van der Waals surface area contributed by atoms with E-state index >= 15 is 0 Å². The van der Waals surface area contributed by atoms with Gasteiger partial charge in [-0.2, -0.15) is 0 Å². The van der Waals surface area contributed by atoms with Gasteiger partial charge in [-0.05, 0) is 104 Å². The van der Waals surface area contributed by atoms with Gasteiger partial charge in [0.15, 0.2) is 5.78 Å². The smallest absolute Gasteiger partial charge is 0.309 e. The van der Waals surface area contributed by atoms with E-state index in [1.807, 2.05) is 13.0 Å². The predicted molar refractivity (Wildman–Crippen MR) is 136 cm³/mol. The van der Waals surface area contributed by atoms with E-state index in [-0.39, 0.29) is 44.7 Å². The lowest BCUT2D eigenvalue weighted by molar-refractivity contribution is -0.176. The monoisotopic (exact) mass is 483 g/mol. The van der Waals surface area contributed by atoms with Gasteiger partial charge in [-0.15, -0.1) is 0 Å². The molecule has 0 heterocycles. The highest BCUT2D eigenvalue weighted by Gasteiger charge is 2.70. The molecule has 5 aliphatic rings. The van der Waals surface area contributed by atoms with Crippen molar-refractivity contribution in [1.82, 2.24) is 0 Å². The molecule has 0 saturated heterocycles. The molecular formula is C30H45NO4. The van der Waals surface area contributed by atoms with Crippen molar-refractivity contribution >= 4 is 17.5 Å². The van der Waals surface area contributed by atoms with Crippen molar-refractivity contribution in [1.29, 1.82) is 0 Å². The minimum Gasteiger partial charge on any atom is -0.481 e. The zero-order valence-corrected chi connectivity index (χ0v) is 22.8. The quantitative estimate of drug-likeness (QED) is 0.314. The summed E-state index contributed by atoms with van der Waals surface area (Å²) < 4.78 is 0. The van der Waals surface area contributed by atoms with E-state index in [1.165, 1.54) is 5.57 Å². The van der Waals surface area contributed by atoms with Crippen LogP contribution in [0.3, 0.4) is 0 Å². The first-order valence-electron chi connectivity index (χ1n) is 13.8. The average molecular weight is 484 g/mol. The SMILES string of the molecule is CC1(C)/C(=N/O)CC[C@]2(C)C3C(=O)C=C4[C@@H]5C[C@](C)(C(=O)O)CC[C@]5(C)CC[C@@]4(C)[C@]3(C)CC[C@@H]12. The number of allylic oxidation sites excluding steroid dienone is 2. The fourth-order valence-corrected chi connectivity index (χ4v) is 10.4. The van der Waals surface area contributed by atoms with Crippen molar-refractivity contribution in [2.75, 3.05) is 0 Å². The van der Waals surface area contributed by atoms with E-state index in [9.17, 15) is 19.9 Å². The summed E-state index contributed by atoms with van der Waals surface area (Å²) in [5.41, 5.74) is 0.861. The molecule has 35 heavy (non-hydrogen) atoms. The highest BCUT2D eigenvalue weighted by atomic mass is 16.4. The van der Waals surface area contributed by atoms with E-state index in [4.69, 9.17) is 0 Å². The number of carboxylic acids is 1. The zero-order valence-electron chi connectivity index (χ0n) is 22.8. The van der Waals surface area contributed by atoms with Gasteiger partial charge in [0.1, 0.15) is 0 Å². The van der Waals surface area contributed by atoms with E-state index in [0.29, 0.717) is 12.3 Å². The summed E-state index contributed by atoms with van der Waals surface area (Å²) in [6.45, 7) is 15.8. The molecule has 0 aromatic carbocycles. The van der Waals surface area contributed by atoms with Crippen molar-refractivity contribution in [2.24, 2.45) is 55.4 Å². The van der Waals surface area contributed by atoms with Crippen LogP contribution in [0.25, 0.3) is 0 Å². The van der Waals surface area contributed by atoms with Gasteiger partial charge in [0.2, 0.25) is 0 Å². The molecule has 0 aromatic heterocycles. The number of carbonyl (C=O) groups excluding carboxylic acids is 1. The van der Waals surface area contributed by atoms with Crippen LogP contribution in [0.15, 0.2) is 16.8 Å². The normalized spacial score (nSPS) is 52.0.